The SMILES string of the molecule is CC(C)(C)OC(=O)Nc1cn([C@H]2CC[C@H](C=O)CC2)nc1C(F)F. The van der Waals surface area contributed by atoms with Crippen LogP contribution in [-0.4, -0.2) is 27.8 Å². The number of hydrogen-bond acceptors (Lipinski definition) is 4. The quantitative estimate of drug-likeness (QED) is 0.836. The second kappa shape index (κ2) is 7.27. The summed E-state index contributed by atoms with van der Waals surface area (Å²) < 4.78 is 33.0. The van der Waals surface area contributed by atoms with Crippen LogP contribution in [0.15, 0.2) is 6.20 Å². The van der Waals surface area contributed by atoms with Crippen LogP contribution in [0.1, 0.15) is 64.6 Å². The van der Waals surface area contributed by atoms with E-state index in [4.69, 9.17) is 4.74 Å². The Morgan fingerprint density at radius 2 is 2.00 bits per heavy atom. The molecule has 0 aliphatic heterocycles. The van der Waals surface area contributed by atoms with Crippen LogP contribution in [0.25, 0.3) is 0 Å². The first-order chi connectivity index (χ1) is 11.2. The van der Waals surface area contributed by atoms with Crippen LogP contribution in [0.3, 0.4) is 0 Å². The van der Waals surface area contributed by atoms with E-state index in [0.29, 0.717) is 25.7 Å². The van der Waals surface area contributed by atoms with Gasteiger partial charge in [0.15, 0.2) is 5.69 Å². The lowest BCUT2D eigenvalue weighted by Crippen LogP contribution is -2.27. The van der Waals surface area contributed by atoms with Crippen molar-refractivity contribution in [2.45, 2.75) is 64.5 Å². The van der Waals surface area contributed by atoms with Gasteiger partial charge in [-0.25, -0.2) is 13.6 Å². The smallest absolute Gasteiger partial charge is 0.412 e. The number of aldehydes is 1. The third-order valence-corrected chi connectivity index (χ3v) is 3.91. The van der Waals surface area contributed by atoms with E-state index in [2.05, 4.69) is 10.4 Å². The number of anilines is 1. The van der Waals surface area contributed by atoms with Crippen molar-refractivity contribution in [3.05, 3.63) is 11.9 Å². The van der Waals surface area contributed by atoms with Crippen LogP contribution in [0, 0.1) is 5.92 Å². The van der Waals surface area contributed by atoms with Crippen molar-refractivity contribution in [3.63, 3.8) is 0 Å². The van der Waals surface area contributed by atoms with E-state index in [0.717, 1.165) is 6.29 Å². The molecule has 1 fully saturated rings. The van der Waals surface area contributed by atoms with Crippen molar-refractivity contribution in [2.75, 3.05) is 5.32 Å². The fourth-order valence-corrected chi connectivity index (χ4v) is 2.77. The molecule has 8 heteroatoms. The number of carbonyl (C=O) groups is 2. The van der Waals surface area contributed by atoms with E-state index in [1.165, 1.54) is 10.9 Å². The summed E-state index contributed by atoms with van der Waals surface area (Å²) in [5, 5.41) is 6.29. The van der Waals surface area contributed by atoms with Crippen LogP contribution in [0.2, 0.25) is 0 Å². The summed E-state index contributed by atoms with van der Waals surface area (Å²) in [6.07, 6.45) is 1.58. The van der Waals surface area contributed by atoms with Crippen molar-refractivity contribution >= 4 is 18.1 Å². The molecular weight excluding hydrogens is 320 g/mol. The number of ether oxygens (including phenoxy) is 1. The van der Waals surface area contributed by atoms with Crippen LogP contribution < -0.4 is 5.32 Å². The summed E-state index contributed by atoms with van der Waals surface area (Å²) in [6, 6.07) is -0.0483. The molecule has 0 unspecified atom stereocenters. The normalized spacial score (nSPS) is 21.6. The molecule has 0 bridgehead atoms. The van der Waals surface area contributed by atoms with E-state index in [-0.39, 0.29) is 17.6 Å². The van der Waals surface area contributed by atoms with E-state index in [1.54, 1.807) is 20.8 Å². The van der Waals surface area contributed by atoms with Gasteiger partial charge in [0.25, 0.3) is 6.43 Å². The Morgan fingerprint density at radius 3 is 2.50 bits per heavy atom. The molecule has 1 saturated carbocycles. The Bertz CT molecular complexity index is 588. The van der Waals surface area contributed by atoms with Gasteiger partial charge in [-0.05, 0) is 46.5 Å². The van der Waals surface area contributed by atoms with Gasteiger partial charge in [-0.3, -0.25) is 10.00 Å². The molecule has 1 aromatic rings. The number of amides is 1. The molecule has 0 aromatic carbocycles. The zero-order valence-electron chi connectivity index (χ0n) is 14.1. The molecule has 1 aliphatic carbocycles. The molecule has 6 nitrogen and oxygen atoms in total. The lowest BCUT2D eigenvalue weighted by atomic mass is 9.87. The van der Waals surface area contributed by atoms with Gasteiger partial charge < -0.3 is 9.53 Å². The zero-order valence-corrected chi connectivity index (χ0v) is 14.1. The maximum atomic E-state index is 13.2. The molecule has 134 valence electrons. The highest BCUT2D eigenvalue weighted by atomic mass is 19.3. The number of carbonyl (C=O) groups excluding carboxylic acids is 2. The Hall–Kier alpha value is -1.99. The Balaban J connectivity index is 2.12. The first-order valence-electron chi connectivity index (χ1n) is 8.02. The molecule has 1 aliphatic rings. The standard InChI is InChI=1S/C16H23F2N3O3/c1-16(2,3)24-15(23)19-12-8-21(20-13(12)14(17)18)11-6-4-10(9-22)5-7-11/h8-11,14H,4-7H2,1-3H3,(H,19,23)/t10-,11-. The van der Waals surface area contributed by atoms with Crippen LogP contribution in [0.5, 0.6) is 0 Å². The van der Waals surface area contributed by atoms with Gasteiger partial charge in [0, 0.05) is 12.1 Å². The molecule has 1 amide bonds. The number of hydrogen-bond donors (Lipinski definition) is 1. The minimum absolute atomic E-state index is 0.0331. The Labute approximate surface area is 139 Å². The summed E-state index contributed by atoms with van der Waals surface area (Å²) >= 11 is 0. The van der Waals surface area contributed by atoms with Gasteiger partial charge in [0.2, 0.25) is 0 Å². The second-order valence-electron chi connectivity index (χ2n) is 7.04. The third kappa shape index (κ3) is 4.75. The van der Waals surface area contributed by atoms with Gasteiger partial charge in [-0.15, -0.1) is 0 Å². The highest BCUT2D eigenvalue weighted by Gasteiger charge is 2.27. The fraction of sp³-hybridized carbons (Fsp3) is 0.688. The highest BCUT2D eigenvalue weighted by Crippen LogP contribution is 2.34. The molecule has 0 radical (unpaired) electrons. The van der Waals surface area contributed by atoms with E-state index in [1.807, 2.05) is 0 Å². The lowest BCUT2D eigenvalue weighted by molar-refractivity contribution is -0.112. The highest BCUT2D eigenvalue weighted by molar-refractivity contribution is 5.85. The number of aromatic nitrogens is 2. The van der Waals surface area contributed by atoms with E-state index < -0.39 is 23.8 Å². The summed E-state index contributed by atoms with van der Waals surface area (Å²) in [5.41, 5.74) is -1.24. The number of alkyl halides is 2. The predicted octanol–water partition coefficient (Wildman–Crippen LogP) is 4.10. The molecule has 24 heavy (non-hydrogen) atoms. The fourth-order valence-electron chi connectivity index (χ4n) is 2.77. The van der Waals surface area contributed by atoms with Gasteiger partial charge in [-0.1, -0.05) is 0 Å². The summed E-state index contributed by atoms with van der Waals surface area (Å²) in [5.74, 6) is 0.0331. The molecule has 0 spiro atoms. The number of nitrogens with zero attached hydrogens (tertiary/aromatic N) is 2. The topological polar surface area (TPSA) is 73.2 Å². The molecule has 1 N–H and O–H groups in total. The summed E-state index contributed by atoms with van der Waals surface area (Å²) in [4.78, 5) is 22.6. The molecule has 0 saturated heterocycles. The minimum Gasteiger partial charge on any atom is -0.444 e. The zero-order chi connectivity index (χ0) is 17.9. The molecule has 1 aromatic heterocycles. The largest absolute Gasteiger partial charge is 0.444 e. The monoisotopic (exact) mass is 343 g/mol. The van der Waals surface area contributed by atoms with Crippen molar-refractivity contribution in [1.82, 2.24) is 9.78 Å². The average molecular weight is 343 g/mol. The number of rotatable bonds is 4. The lowest BCUT2D eigenvalue weighted by Gasteiger charge is -2.25. The van der Waals surface area contributed by atoms with Crippen molar-refractivity contribution in [3.8, 4) is 0 Å². The maximum absolute atomic E-state index is 13.2. The molecule has 1 heterocycles. The second-order valence-corrected chi connectivity index (χ2v) is 7.04. The maximum Gasteiger partial charge on any atom is 0.412 e. The van der Waals surface area contributed by atoms with Crippen LogP contribution in [0.4, 0.5) is 19.3 Å². The first-order valence-corrected chi connectivity index (χ1v) is 8.02. The first kappa shape index (κ1) is 18.4. The third-order valence-electron chi connectivity index (χ3n) is 3.91. The van der Waals surface area contributed by atoms with Crippen molar-refractivity contribution < 1.29 is 23.1 Å². The van der Waals surface area contributed by atoms with Crippen molar-refractivity contribution in [2.24, 2.45) is 5.92 Å². The van der Waals surface area contributed by atoms with Gasteiger partial charge in [-0.2, -0.15) is 5.10 Å². The molecule has 2 rings (SSSR count). The molecular formula is C16H23F2N3O3. The number of halogens is 2. The predicted molar refractivity (Wildman–Crippen MR) is 84.1 cm³/mol. The summed E-state index contributed by atoms with van der Waals surface area (Å²) in [7, 11) is 0. The summed E-state index contributed by atoms with van der Waals surface area (Å²) in [6.45, 7) is 5.07. The Morgan fingerprint density at radius 1 is 1.38 bits per heavy atom. The minimum atomic E-state index is -2.80. The van der Waals surface area contributed by atoms with Gasteiger partial charge >= 0.3 is 6.09 Å². The molecule has 0 atom stereocenters. The Kier molecular flexibility index (Phi) is 5.56. The van der Waals surface area contributed by atoms with Gasteiger partial charge in [0.1, 0.15) is 11.9 Å². The van der Waals surface area contributed by atoms with Crippen LogP contribution in [-0.2, 0) is 9.53 Å². The van der Waals surface area contributed by atoms with Crippen molar-refractivity contribution in [1.29, 1.82) is 0 Å². The van der Waals surface area contributed by atoms with E-state index in [9.17, 15) is 18.4 Å². The van der Waals surface area contributed by atoms with E-state index >= 15 is 0 Å². The van der Waals surface area contributed by atoms with Crippen LogP contribution >= 0.6 is 0 Å². The average Bonchev–Trinajstić information content (AvgIpc) is 2.89. The number of nitrogens with one attached hydrogen (secondary N) is 1. The van der Waals surface area contributed by atoms with Gasteiger partial charge in [0.05, 0.1) is 11.7 Å².